The molecule has 0 saturated heterocycles. The molecule has 0 saturated carbocycles. The first kappa shape index (κ1) is 11.5. The van der Waals surface area contributed by atoms with E-state index in [1.54, 1.807) is 12.1 Å². The Bertz CT molecular complexity index is 382. The molecule has 1 atom stereocenters. The number of halogens is 1. The Morgan fingerprint density at radius 3 is 2.57 bits per heavy atom. The van der Waals surface area contributed by atoms with Crippen molar-refractivity contribution in [1.29, 1.82) is 0 Å². The third-order valence-electron chi connectivity index (χ3n) is 1.75. The maximum atomic E-state index is 11.7. The summed E-state index contributed by atoms with van der Waals surface area (Å²) < 4.78 is 15.7. The largest absolute Gasteiger partial charge is 0.233 e. The van der Waals surface area contributed by atoms with E-state index in [4.69, 9.17) is 10.7 Å². The van der Waals surface area contributed by atoms with Crippen LogP contribution in [0.3, 0.4) is 0 Å². The highest BCUT2D eigenvalue weighted by molar-refractivity contribution is 8.15. The summed E-state index contributed by atoms with van der Waals surface area (Å²) in [4.78, 5) is 0. The number of hydrogen-bond acceptors (Lipinski definition) is 2. The molecule has 0 spiro atoms. The zero-order chi connectivity index (χ0) is 10.4. The molecule has 78 valence electrons. The molecule has 0 aliphatic heterocycles. The molecule has 0 heterocycles. The minimum atomic E-state index is -2.55. The van der Waals surface area contributed by atoms with Crippen molar-refractivity contribution in [3.63, 3.8) is 0 Å². The van der Waals surface area contributed by atoms with Crippen molar-refractivity contribution in [3.8, 4) is 0 Å². The lowest BCUT2D eigenvalue weighted by Gasteiger charge is -1.99. The van der Waals surface area contributed by atoms with Crippen molar-refractivity contribution in [2.75, 3.05) is 5.75 Å². The highest BCUT2D eigenvalue weighted by atomic mass is 35.7. The van der Waals surface area contributed by atoms with E-state index in [2.05, 4.69) is 4.36 Å². The van der Waals surface area contributed by atoms with E-state index in [1.165, 1.54) is 0 Å². The summed E-state index contributed by atoms with van der Waals surface area (Å²) in [5, 5.41) is 0. The maximum absolute atomic E-state index is 11.7. The lowest BCUT2D eigenvalue weighted by molar-refractivity contribution is 0.682. The number of unbranched alkanes of at least 4 members (excludes halogenated alkanes) is 1. The maximum Gasteiger partial charge on any atom is 0.134 e. The van der Waals surface area contributed by atoms with Gasteiger partial charge in [0.2, 0.25) is 0 Å². The molecule has 14 heavy (non-hydrogen) atoms. The van der Waals surface area contributed by atoms with E-state index in [0.29, 0.717) is 11.4 Å². The number of nitrogens with zero attached hydrogens (tertiary/aromatic N) is 1. The molecule has 0 aliphatic carbocycles. The van der Waals surface area contributed by atoms with Crippen LogP contribution in [-0.2, 0) is 8.94 Å². The van der Waals surface area contributed by atoms with Crippen molar-refractivity contribution in [2.45, 2.75) is 19.8 Å². The fraction of sp³-hybridized carbons (Fsp3) is 0.400. The van der Waals surface area contributed by atoms with Gasteiger partial charge in [0.15, 0.2) is 0 Å². The smallest absolute Gasteiger partial charge is 0.134 e. The van der Waals surface area contributed by atoms with Crippen molar-refractivity contribution < 1.29 is 4.21 Å². The van der Waals surface area contributed by atoms with Gasteiger partial charge in [0.25, 0.3) is 0 Å². The second-order valence-corrected chi connectivity index (χ2v) is 6.21. The average molecular weight is 232 g/mol. The monoisotopic (exact) mass is 231 g/mol. The number of rotatable bonds is 4. The van der Waals surface area contributed by atoms with Crippen molar-refractivity contribution >= 4 is 25.3 Å². The van der Waals surface area contributed by atoms with Crippen LogP contribution in [0.25, 0.3) is 0 Å². The zero-order valence-electron chi connectivity index (χ0n) is 8.15. The molecule has 1 unspecified atom stereocenters. The molecule has 0 aliphatic rings. The lowest BCUT2D eigenvalue weighted by Crippen LogP contribution is -1.95. The Morgan fingerprint density at radius 1 is 1.36 bits per heavy atom. The van der Waals surface area contributed by atoms with E-state index in [-0.39, 0.29) is 0 Å². The summed E-state index contributed by atoms with van der Waals surface area (Å²) >= 11 is 0. The Kier molecular flexibility index (Phi) is 4.42. The van der Waals surface area contributed by atoms with Crippen LogP contribution in [0.2, 0.25) is 0 Å². The topological polar surface area (TPSA) is 29.4 Å². The number of benzene rings is 1. The Labute approximate surface area is 90.0 Å². The highest BCUT2D eigenvalue weighted by Gasteiger charge is 2.03. The highest BCUT2D eigenvalue weighted by Crippen LogP contribution is 2.17. The van der Waals surface area contributed by atoms with Gasteiger partial charge in [-0.25, -0.2) is 4.21 Å². The van der Waals surface area contributed by atoms with Crippen molar-refractivity contribution in [2.24, 2.45) is 4.36 Å². The first-order chi connectivity index (χ1) is 6.64. The van der Waals surface area contributed by atoms with Crippen molar-refractivity contribution in [1.82, 2.24) is 0 Å². The second-order valence-electron chi connectivity index (χ2n) is 3.05. The third-order valence-corrected chi connectivity index (χ3v) is 3.69. The molecule has 0 aromatic heterocycles. The van der Waals surface area contributed by atoms with Gasteiger partial charge < -0.3 is 0 Å². The molecule has 0 amide bonds. The fourth-order valence-corrected chi connectivity index (χ4v) is 2.75. The summed E-state index contributed by atoms with van der Waals surface area (Å²) in [5.41, 5.74) is 0.684. The van der Waals surface area contributed by atoms with Gasteiger partial charge in [-0.05, 0) is 29.2 Å². The van der Waals surface area contributed by atoms with Crippen LogP contribution in [0.15, 0.2) is 34.7 Å². The summed E-state index contributed by atoms with van der Waals surface area (Å²) in [6, 6.07) is 9.19. The minimum Gasteiger partial charge on any atom is -0.233 e. The lowest BCUT2D eigenvalue weighted by atomic mass is 10.3. The molecule has 1 rings (SSSR count). The van der Waals surface area contributed by atoms with Crippen LogP contribution < -0.4 is 0 Å². The fourth-order valence-electron chi connectivity index (χ4n) is 1.01. The molecule has 0 radical (unpaired) electrons. The van der Waals surface area contributed by atoms with Crippen LogP contribution in [0, 0.1) is 0 Å². The molecule has 1 aromatic rings. The molecule has 2 nitrogen and oxygen atoms in total. The van der Waals surface area contributed by atoms with E-state index in [1.807, 2.05) is 25.1 Å². The first-order valence-corrected chi connectivity index (χ1v) is 7.14. The van der Waals surface area contributed by atoms with Crippen molar-refractivity contribution in [3.05, 3.63) is 30.3 Å². The molecule has 0 bridgehead atoms. The van der Waals surface area contributed by atoms with Crippen LogP contribution in [0.1, 0.15) is 19.8 Å². The van der Waals surface area contributed by atoms with Gasteiger partial charge in [-0.2, -0.15) is 4.36 Å². The third kappa shape index (κ3) is 4.11. The van der Waals surface area contributed by atoms with Gasteiger partial charge in [-0.1, -0.05) is 31.5 Å². The average Bonchev–Trinajstić information content (AvgIpc) is 2.16. The van der Waals surface area contributed by atoms with Gasteiger partial charge >= 0.3 is 0 Å². The number of hydrogen-bond donors (Lipinski definition) is 0. The van der Waals surface area contributed by atoms with Crippen LogP contribution >= 0.6 is 10.7 Å². The molecule has 0 N–H and O–H groups in total. The van der Waals surface area contributed by atoms with Gasteiger partial charge in [0.05, 0.1) is 5.69 Å². The molecule has 1 aromatic carbocycles. The summed E-state index contributed by atoms with van der Waals surface area (Å²) in [7, 11) is 3.26. The van der Waals surface area contributed by atoms with E-state index < -0.39 is 8.94 Å². The van der Waals surface area contributed by atoms with Crippen LogP contribution in [0.4, 0.5) is 5.69 Å². The predicted molar refractivity (Wildman–Crippen MR) is 62.3 cm³/mol. The zero-order valence-corrected chi connectivity index (χ0v) is 9.72. The van der Waals surface area contributed by atoms with Crippen LogP contribution in [0.5, 0.6) is 0 Å². The molecule has 0 fully saturated rings. The molecule has 4 heteroatoms. The predicted octanol–water partition coefficient (Wildman–Crippen LogP) is 3.74. The van der Waals surface area contributed by atoms with E-state index >= 15 is 0 Å². The van der Waals surface area contributed by atoms with Gasteiger partial charge in [-0.3, -0.25) is 0 Å². The second kappa shape index (κ2) is 5.37. The minimum absolute atomic E-state index is 0.458. The Balaban J connectivity index is 2.82. The van der Waals surface area contributed by atoms with Crippen LogP contribution in [-0.4, -0.2) is 9.96 Å². The molecular formula is C10H14ClNOS. The SMILES string of the molecule is CCCCS(=O)(Cl)=Nc1ccccc1. The van der Waals surface area contributed by atoms with Gasteiger partial charge in [0, 0.05) is 5.75 Å². The Hall–Kier alpha value is -0.540. The van der Waals surface area contributed by atoms with Gasteiger partial charge in [0.1, 0.15) is 8.94 Å². The summed E-state index contributed by atoms with van der Waals surface area (Å²) in [6.07, 6.45) is 1.83. The standard InChI is InChI=1S/C10H14ClNOS/c1-2-3-9-14(11,13)12-10-7-5-4-6-8-10/h4-8H,2-3,9H2,1H3. The summed E-state index contributed by atoms with van der Waals surface area (Å²) in [6.45, 7) is 2.04. The molecular weight excluding hydrogens is 218 g/mol. The Morgan fingerprint density at radius 2 is 2.00 bits per heavy atom. The first-order valence-electron chi connectivity index (χ1n) is 4.63. The normalized spacial score (nSPS) is 14.7. The van der Waals surface area contributed by atoms with E-state index in [9.17, 15) is 4.21 Å². The van der Waals surface area contributed by atoms with E-state index in [0.717, 1.165) is 12.8 Å². The summed E-state index contributed by atoms with van der Waals surface area (Å²) in [5.74, 6) is 0.458. The quantitative estimate of drug-likeness (QED) is 0.726. The van der Waals surface area contributed by atoms with Gasteiger partial charge in [-0.15, -0.1) is 0 Å².